The molecule has 3 aromatic heterocycles. The molecule has 30 heavy (non-hydrogen) atoms. The van der Waals surface area contributed by atoms with Crippen LogP contribution in [-0.2, 0) is 11.2 Å². The zero-order valence-electron chi connectivity index (χ0n) is 17.2. The van der Waals surface area contributed by atoms with Crippen LogP contribution < -0.4 is 10.2 Å². The van der Waals surface area contributed by atoms with E-state index < -0.39 is 0 Å². The van der Waals surface area contributed by atoms with Crippen molar-refractivity contribution in [3.63, 3.8) is 0 Å². The van der Waals surface area contributed by atoms with Crippen molar-refractivity contribution in [1.82, 2.24) is 25.0 Å². The van der Waals surface area contributed by atoms with Gasteiger partial charge >= 0.3 is 0 Å². The second kappa shape index (κ2) is 9.00. The molecule has 0 radical (unpaired) electrons. The van der Waals surface area contributed by atoms with Crippen LogP contribution in [0.2, 0.25) is 0 Å². The van der Waals surface area contributed by atoms with E-state index in [0.29, 0.717) is 23.9 Å². The fourth-order valence-corrected chi connectivity index (χ4v) is 3.38. The van der Waals surface area contributed by atoms with Crippen LogP contribution in [0.4, 0.5) is 11.6 Å². The van der Waals surface area contributed by atoms with Gasteiger partial charge in [0, 0.05) is 50.2 Å². The minimum atomic E-state index is -0.0931. The maximum atomic E-state index is 12.3. The average molecular weight is 407 g/mol. The number of nitrogens with one attached hydrogen (secondary N) is 1. The van der Waals surface area contributed by atoms with E-state index in [1.54, 1.807) is 19.2 Å². The Bertz CT molecular complexity index is 998. The number of hydrogen-bond acceptors (Lipinski definition) is 8. The summed E-state index contributed by atoms with van der Waals surface area (Å²) in [6.45, 7) is 7.32. The van der Waals surface area contributed by atoms with Gasteiger partial charge in [-0.15, -0.1) is 0 Å². The zero-order valence-corrected chi connectivity index (χ0v) is 17.2. The van der Waals surface area contributed by atoms with Crippen molar-refractivity contribution >= 4 is 17.5 Å². The minimum Gasteiger partial charge on any atom is -0.360 e. The van der Waals surface area contributed by atoms with Crippen LogP contribution in [0.3, 0.4) is 0 Å². The van der Waals surface area contributed by atoms with E-state index in [9.17, 15) is 4.79 Å². The number of nitrogens with zero attached hydrogens (tertiary/aromatic N) is 6. The summed E-state index contributed by atoms with van der Waals surface area (Å²) >= 11 is 0. The molecule has 0 aliphatic carbocycles. The molecule has 3 aromatic rings. The van der Waals surface area contributed by atoms with E-state index in [1.165, 1.54) is 0 Å². The number of piperazine rings is 1. The first-order valence-corrected chi connectivity index (χ1v) is 10.1. The van der Waals surface area contributed by atoms with Crippen molar-refractivity contribution in [2.45, 2.75) is 20.3 Å². The number of carbonyl (C=O) groups is 1. The van der Waals surface area contributed by atoms with Gasteiger partial charge in [0.25, 0.3) is 0 Å². The summed E-state index contributed by atoms with van der Waals surface area (Å²) in [7, 11) is 0. The van der Waals surface area contributed by atoms with Gasteiger partial charge in [-0.2, -0.15) is 0 Å². The van der Waals surface area contributed by atoms with Crippen LogP contribution in [-0.4, -0.2) is 63.6 Å². The first kappa shape index (κ1) is 20.0. The van der Waals surface area contributed by atoms with Gasteiger partial charge in [0.15, 0.2) is 11.6 Å². The number of aromatic nitrogens is 4. The summed E-state index contributed by atoms with van der Waals surface area (Å²) in [6.07, 6.45) is 2.58. The molecule has 0 saturated carbocycles. The standard InChI is InChI=1S/C21H25N7O2/c1-3-16-13-19(25-21(23-16)17-6-4-5-7-22-17)28-10-8-27(9-11-28)14-20(29)24-18-12-15(2)30-26-18/h4-7,12-13H,3,8-11,14H2,1-2H3,(H,24,26,29). The summed E-state index contributed by atoms with van der Waals surface area (Å²) in [5, 5.41) is 6.56. The topological polar surface area (TPSA) is 100 Å². The van der Waals surface area contributed by atoms with Gasteiger partial charge in [0.05, 0.1) is 6.54 Å². The van der Waals surface area contributed by atoms with Crippen molar-refractivity contribution < 1.29 is 9.32 Å². The number of aryl methyl sites for hydroxylation is 2. The second-order valence-electron chi connectivity index (χ2n) is 7.24. The van der Waals surface area contributed by atoms with E-state index in [1.807, 2.05) is 24.3 Å². The molecule has 1 fully saturated rings. The molecule has 156 valence electrons. The first-order chi connectivity index (χ1) is 14.6. The van der Waals surface area contributed by atoms with Crippen molar-refractivity contribution in [3.8, 4) is 11.5 Å². The predicted octanol–water partition coefficient (Wildman–Crippen LogP) is 2.16. The normalized spacial score (nSPS) is 14.7. The fourth-order valence-electron chi connectivity index (χ4n) is 3.38. The number of hydrogen-bond donors (Lipinski definition) is 1. The molecule has 9 nitrogen and oxygen atoms in total. The minimum absolute atomic E-state index is 0.0931. The summed E-state index contributed by atoms with van der Waals surface area (Å²) in [4.78, 5) is 30.4. The number of pyridine rings is 1. The van der Waals surface area contributed by atoms with E-state index in [4.69, 9.17) is 9.51 Å². The molecule has 1 saturated heterocycles. The van der Waals surface area contributed by atoms with Gasteiger partial charge in [-0.1, -0.05) is 18.1 Å². The molecule has 4 rings (SSSR count). The molecular weight excluding hydrogens is 382 g/mol. The summed E-state index contributed by atoms with van der Waals surface area (Å²) < 4.78 is 4.98. The highest BCUT2D eigenvalue weighted by Gasteiger charge is 2.21. The van der Waals surface area contributed by atoms with Crippen molar-refractivity contribution in [3.05, 3.63) is 48.0 Å². The van der Waals surface area contributed by atoms with Gasteiger partial charge in [-0.05, 0) is 25.5 Å². The quantitative estimate of drug-likeness (QED) is 0.663. The van der Waals surface area contributed by atoms with Crippen molar-refractivity contribution in [2.24, 2.45) is 0 Å². The molecule has 4 heterocycles. The van der Waals surface area contributed by atoms with Crippen LogP contribution >= 0.6 is 0 Å². The Balaban J connectivity index is 1.38. The Morgan fingerprint density at radius 3 is 2.67 bits per heavy atom. The van der Waals surface area contributed by atoms with Crippen LogP contribution in [0.5, 0.6) is 0 Å². The maximum Gasteiger partial charge on any atom is 0.239 e. The molecular formula is C21H25N7O2. The summed E-state index contributed by atoms with van der Waals surface area (Å²) in [5.74, 6) is 2.58. The Labute approximate surface area is 175 Å². The van der Waals surface area contributed by atoms with Gasteiger partial charge < -0.3 is 14.7 Å². The molecule has 0 bridgehead atoms. The Kier molecular flexibility index (Phi) is 5.99. The Hall–Kier alpha value is -3.33. The molecule has 1 aliphatic rings. The van der Waals surface area contributed by atoms with Crippen LogP contribution in [0, 0.1) is 6.92 Å². The van der Waals surface area contributed by atoms with Gasteiger partial charge in [0.1, 0.15) is 17.3 Å². The molecule has 0 atom stereocenters. The summed E-state index contributed by atoms with van der Waals surface area (Å²) in [5.41, 5.74) is 1.76. The van der Waals surface area contributed by atoms with Gasteiger partial charge in [-0.25, -0.2) is 9.97 Å². The SMILES string of the molecule is CCc1cc(N2CCN(CC(=O)Nc3cc(C)on3)CC2)nc(-c2ccccn2)n1. The molecule has 0 aromatic carbocycles. The van der Waals surface area contributed by atoms with E-state index in [0.717, 1.165) is 49.8 Å². The zero-order chi connectivity index (χ0) is 20.9. The largest absolute Gasteiger partial charge is 0.360 e. The third kappa shape index (κ3) is 4.80. The molecule has 1 N–H and O–H groups in total. The monoisotopic (exact) mass is 407 g/mol. The third-order valence-electron chi connectivity index (χ3n) is 4.98. The molecule has 9 heteroatoms. The lowest BCUT2D eigenvalue weighted by Gasteiger charge is -2.35. The van der Waals surface area contributed by atoms with E-state index in [2.05, 4.69) is 37.2 Å². The first-order valence-electron chi connectivity index (χ1n) is 10.1. The molecule has 0 unspecified atom stereocenters. The highest BCUT2D eigenvalue weighted by Crippen LogP contribution is 2.20. The van der Waals surface area contributed by atoms with Crippen molar-refractivity contribution in [2.75, 3.05) is 42.9 Å². The lowest BCUT2D eigenvalue weighted by molar-refractivity contribution is -0.117. The van der Waals surface area contributed by atoms with Crippen LogP contribution in [0.25, 0.3) is 11.5 Å². The molecule has 1 amide bonds. The summed E-state index contributed by atoms with van der Waals surface area (Å²) in [6, 6.07) is 9.49. The third-order valence-corrected chi connectivity index (χ3v) is 4.98. The smallest absolute Gasteiger partial charge is 0.239 e. The van der Waals surface area contributed by atoms with Crippen LogP contribution in [0.15, 0.2) is 41.1 Å². The highest BCUT2D eigenvalue weighted by molar-refractivity contribution is 5.91. The van der Waals surface area contributed by atoms with Crippen LogP contribution in [0.1, 0.15) is 18.4 Å². The lowest BCUT2D eigenvalue weighted by atomic mass is 10.2. The number of amides is 1. The van der Waals surface area contributed by atoms with E-state index in [-0.39, 0.29) is 5.91 Å². The number of anilines is 2. The van der Waals surface area contributed by atoms with E-state index >= 15 is 0 Å². The Morgan fingerprint density at radius 1 is 1.17 bits per heavy atom. The second-order valence-corrected chi connectivity index (χ2v) is 7.24. The molecule has 0 spiro atoms. The maximum absolute atomic E-state index is 12.3. The van der Waals surface area contributed by atoms with Crippen molar-refractivity contribution in [1.29, 1.82) is 0 Å². The lowest BCUT2D eigenvalue weighted by Crippen LogP contribution is -2.49. The average Bonchev–Trinajstić information content (AvgIpc) is 3.18. The number of carbonyl (C=O) groups excluding carboxylic acids is 1. The predicted molar refractivity (Wildman–Crippen MR) is 113 cm³/mol. The fraction of sp³-hybridized carbons (Fsp3) is 0.381. The van der Waals surface area contributed by atoms with Gasteiger partial charge in [0.2, 0.25) is 5.91 Å². The highest BCUT2D eigenvalue weighted by atomic mass is 16.5. The Morgan fingerprint density at radius 2 is 2.00 bits per heavy atom. The number of rotatable bonds is 6. The van der Waals surface area contributed by atoms with Gasteiger partial charge in [-0.3, -0.25) is 14.7 Å². The molecule has 1 aliphatic heterocycles.